The number of nitriles is 1. The monoisotopic (exact) mass is 423 g/mol. The number of rotatable bonds is 2. The van der Waals surface area contributed by atoms with Crippen LogP contribution in [0.25, 0.3) is 6.08 Å². The lowest BCUT2D eigenvalue weighted by atomic mass is 9.80. The van der Waals surface area contributed by atoms with E-state index < -0.39 is 0 Å². The highest BCUT2D eigenvalue weighted by Crippen LogP contribution is 2.43. The molecule has 2 aromatic rings. The fraction of sp³-hybridized carbons (Fsp3) is 0.174. The second kappa shape index (κ2) is 7.96. The molecule has 146 valence electrons. The van der Waals surface area contributed by atoms with E-state index in [2.05, 4.69) is 17.0 Å². The molecule has 0 unspecified atom stereocenters. The topological polar surface area (TPSA) is 62.3 Å². The molecule has 0 fully saturated rings. The van der Waals surface area contributed by atoms with Gasteiger partial charge in [0.15, 0.2) is 0 Å². The van der Waals surface area contributed by atoms with Crippen LogP contribution in [0.3, 0.4) is 0 Å². The molecule has 4 nitrogen and oxygen atoms in total. The van der Waals surface area contributed by atoms with Gasteiger partial charge in [0.2, 0.25) is 5.88 Å². The van der Waals surface area contributed by atoms with E-state index in [1.165, 1.54) is 0 Å². The molecule has 0 bridgehead atoms. The third-order valence-electron chi connectivity index (χ3n) is 5.11. The summed E-state index contributed by atoms with van der Waals surface area (Å²) in [5.74, 6) is 0.629. The first-order valence-electron chi connectivity index (χ1n) is 9.17. The van der Waals surface area contributed by atoms with Gasteiger partial charge >= 0.3 is 0 Å². The van der Waals surface area contributed by atoms with Crippen molar-refractivity contribution in [3.63, 3.8) is 0 Å². The van der Waals surface area contributed by atoms with Gasteiger partial charge in [-0.3, -0.25) is 4.90 Å². The summed E-state index contributed by atoms with van der Waals surface area (Å²) in [6.07, 6.45) is 2.07. The molecule has 29 heavy (non-hydrogen) atoms. The van der Waals surface area contributed by atoms with Crippen molar-refractivity contribution in [3.05, 3.63) is 98.1 Å². The van der Waals surface area contributed by atoms with E-state index in [4.69, 9.17) is 33.7 Å². The van der Waals surface area contributed by atoms with Crippen molar-refractivity contribution < 1.29 is 4.74 Å². The van der Waals surface area contributed by atoms with Gasteiger partial charge in [0.25, 0.3) is 0 Å². The number of likely N-dealkylation sites (N-methyl/N-ethyl adjacent to an activating group) is 1. The molecule has 1 atom stereocenters. The van der Waals surface area contributed by atoms with Crippen molar-refractivity contribution in [2.24, 2.45) is 5.73 Å². The Kier molecular flexibility index (Phi) is 5.38. The SMILES string of the molecule is CN1CC2=C(OC(N)=C(C#N)[C@H]2c2ccc(Cl)cc2)/C(=C/c2ccc(Cl)cc2)C1. The van der Waals surface area contributed by atoms with Crippen LogP contribution in [0.2, 0.25) is 10.0 Å². The van der Waals surface area contributed by atoms with Crippen LogP contribution < -0.4 is 5.73 Å². The predicted molar refractivity (Wildman–Crippen MR) is 116 cm³/mol. The summed E-state index contributed by atoms with van der Waals surface area (Å²) >= 11 is 12.1. The molecule has 0 aromatic heterocycles. The molecule has 0 saturated carbocycles. The highest BCUT2D eigenvalue weighted by Gasteiger charge is 2.36. The lowest BCUT2D eigenvalue weighted by Gasteiger charge is -2.36. The standard InChI is InChI=1S/C23H19Cl2N3O/c1-28-12-16(10-14-2-6-17(24)7-3-14)22-20(13-28)21(19(11-26)23(27)29-22)15-4-8-18(25)9-5-15/h2-10,21H,12-13,27H2,1H3/b16-10+/t21-/m1/s1. The summed E-state index contributed by atoms with van der Waals surface area (Å²) < 4.78 is 5.99. The van der Waals surface area contributed by atoms with Crippen molar-refractivity contribution in [2.75, 3.05) is 20.1 Å². The highest BCUT2D eigenvalue weighted by molar-refractivity contribution is 6.30. The molecule has 0 aliphatic carbocycles. The van der Waals surface area contributed by atoms with Gasteiger partial charge in [0.05, 0.1) is 5.92 Å². The zero-order valence-electron chi connectivity index (χ0n) is 15.8. The van der Waals surface area contributed by atoms with Crippen molar-refractivity contribution >= 4 is 29.3 Å². The van der Waals surface area contributed by atoms with Crippen LogP contribution in [0.1, 0.15) is 17.0 Å². The van der Waals surface area contributed by atoms with Gasteiger partial charge < -0.3 is 10.5 Å². The van der Waals surface area contributed by atoms with Crippen LogP contribution in [0.5, 0.6) is 0 Å². The molecule has 2 heterocycles. The smallest absolute Gasteiger partial charge is 0.205 e. The van der Waals surface area contributed by atoms with Crippen LogP contribution in [-0.4, -0.2) is 25.0 Å². The zero-order valence-corrected chi connectivity index (χ0v) is 17.3. The lowest BCUT2D eigenvalue weighted by molar-refractivity contribution is 0.251. The van der Waals surface area contributed by atoms with E-state index in [1.54, 1.807) is 0 Å². The molecule has 0 spiro atoms. The molecule has 2 aromatic carbocycles. The Morgan fingerprint density at radius 2 is 1.69 bits per heavy atom. The van der Waals surface area contributed by atoms with Gasteiger partial charge in [0, 0.05) is 28.7 Å². The Hall–Kier alpha value is -2.71. The molecule has 6 heteroatoms. The lowest BCUT2D eigenvalue weighted by Crippen LogP contribution is -2.35. The van der Waals surface area contributed by atoms with Gasteiger partial charge in [-0.2, -0.15) is 5.26 Å². The number of ether oxygens (including phenoxy) is 1. The van der Waals surface area contributed by atoms with Gasteiger partial charge in [-0.15, -0.1) is 0 Å². The van der Waals surface area contributed by atoms with Gasteiger partial charge in [-0.25, -0.2) is 0 Å². The maximum absolute atomic E-state index is 9.77. The molecular weight excluding hydrogens is 405 g/mol. The number of allylic oxidation sites excluding steroid dienone is 1. The molecule has 2 aliphatic heterocycles. The van der Waals surface area contributed by atoms with Crippen LogP contribution in [0.4, 0.5) is 0 Å². The minimum atomic E-state index is -0.266. The van der Waals surface area contributed by atoms with Crippen molar-refractivity contribution in [1.82, 2.24) is 4.90 Å². The summed E-state index contributed by atoms with van der Waals surface area (Å²) in [7, 11) is 2.05. The van der Waals surface area contributed by atoms with E-state index in [0.29, 0.717) is 28.7 Å². The number of halogens is 2. The molecule has 2 aliphatic rings. The van der Waals surface area contributed by atoms with E-state index in [-0.39, 0.29) is 11.8 Å². The first-order chi connectivity index (χ1) is 14.0. The number of benzene rings is 2. The Morgan fingerprint density at radius 3 is 2.31 bits per heavy atom. The number of hydrogen-bond donors (Lipinski definition) is 1. The molecule has 0 saturated heterocycles. The average molecular weight is 424 g/mol. The van der Waals surface area contributed by atoms with E-state index >= 15 is 0 Å². The number of nitrogens with zero attached hydrogens (tertiary/aromatic N) is 2. The van der Waals surface area contributed by atoms with Gasteiger partial charge in [-0.1, -0.05) is 47.5 Å². The maximum atomic E-state index is 9.77. The van der Waals surface area contributed by atoms with Crippen LogP contribution in [0.15, 0.2) is 76.9 Å². The summed E-state index contributed by atoms with van der Waals surface area (Å²) in [6, 6.07) is 17.4. The van der Waals surface area contributed by atoms with E-state index in [0.717, 1.165) is 28.0 Å². The Morgan fingerprint density at radius 1 is 1.07 bits per heavy atom. The van der Waals surface area contributed by atoms with E-state index in [1.807, 2.05) is 55.6 Å². The predicted octanol–water partition coefficient (Wildman–Crippen LogP) is 5.08. The van der Waals surface area contributed by atoms with Crippen molar-refractivity contribution in [1.29, 1.82) is 5.26 Å². The molecule has 0 amide bonds. The second-order valence-corrected chi connectivity index (χ2v) is 8.10. The maximum Gasteiger partial charge on any atom is 0.205 e. The molecule has 4 rings (SSSR count). The van der Waals surface area contributed by atoms with Gasteiger partial charge in [-0.05, 0) is 54.1 Å². The first kappa shape index (κ1) is 19.6. The van der Waals surface area contributed by atoms with Crippen LogP contribution in [0, 0.1) is 11.3 Å². The van der Waals surface area contributed by atoms with Gasteiger partial charge in [0.1, 0.15) is 17.4 Å². The summed E-state index contributed by atoms with van der Waals surface area (Å²) in [4.78, 5) is 2.20. The Balaban J connectivity index is 1.85. The first-order valence-corrected chi connectivity index (χ1v) is 9.93. The third-order valence-corrected chi connectivity index (χ3v) is 5.62. The molecule has 0 radical (unpaired) electrons. The van der Waals surface area contributed by atoms with Crippen molar-refractivity contribution in [2.45, 2.75) is 5.92 Å². The largest absolute Gasteiger partial charge is 0.440 e. The minimum absolute atomic E-state index is 0.151. The third kappa shape index (κ3) is 3.90. The fourth-order valence-electron chi connectivity index (χ4n) is 3.84. The Labute approximate surface area is 180 Å². The van der Waals surface area contributed by atoms with Crippen molar-refractivity contribution in [3.8, 4) is 6.07 Å². The normalized spacial score (nSPS) is 21.0. The fourth-order valence-corrected chi connectivity index (χ4v) is 4.09. The van der Waals surface area contributed by atoms with Crippen LogP contribution >= 0.6 is 23.2 Å². The second-order valence-electron chi connectivity index (χ2n) is 7.22. The molecular formula is C23H19Cl2N3O. The summed E-state index contributed by atoms with van der Waals surface area (Å²) in [5.41, 5.74) is 10.6. The molecule has 2 N–H and O–H groups in total. The highest BCUT2D eigenvalue weighted by atomic mass is 35.5. The van der Waals surface area contributed by atoms with Crippen LogP contribution in [-0.2, 0) is 4.74 Å². The summed E-state index contributed by atoms with van der Waals surface area (Å²) in [6.45, 7) is 1.39. The quantitative estimate of drug-likeness (QED) is 0.730. The summed E-state index contributed by atoms with van der Waals surface area (Å²) in [5, 5.41) is 11.1. The van der Waals surface area contributed by atoms with E-state index in [9.17, 15) is 5.26 Å². The minimum Gasteiger partial charge on any atom is -0.440 e. The number of nitrogens with two attached hydrogens (primary N) is 1. The number of hydrogen-bond acceptors (Lipinski definition) is 4. The Bertz CT molecular complexity index is 1080. The zero-order chi connectivity index (χ0) is 20.5. The average Bonchev–Trinajstić information content (AvgIpc) is 2.70.